The molecular formula is C10H12BrF3N2S. The van der Waals surface area contributed by atoms with E-state index in [-0.39, 0.29) is 24.1 Å². The second-order valence-corrected chi connectivity index (χ2v) is 5.42. The lowest BCUT2D eigenvalue weighted by molar-refractivity contribution is -0.0327. The van der Waals surface area contributed by atoms with E-state index in [2.05, 4.69) is 21.2 Å². The molecule has 0 saturated carbocycles. The zero-order chi connectivity index (χ0) is 13.1. The molecule has 0 bridgehead atoms. The van der Waals surface area contributed by atoms with Gasteiger partial charge in [0.1, 0.15) is 0 Å². The summed E-state index contributed by atoms with van der Waals surface area (Å²) in [5.41, 5.74) is 3.80. The van der Waals surface area contributed by atoms with Crippen molar-refractivity contribution in [2.45, 2.75) is 12.4 Å². The van der Waals surface area contributed by atoms with E-state index in [0.717, 1.165) is 15.7 Å². The van der Waals surface area contributed by atoms with Crippen molar-refractivity contribution in [1.82, 2.24) is 0 Å². The first-order valence-corrected chi connectivity index (χ1v) is 6.57. The van der Waals surface area contributed by atoms with Gasteiger partial charge in [-0.15, -0.1) is 0 Å². The van der Waals surface area contributed by atoms with E-state index < -0.39 is 5.51 Å². The van der Waals surface area contributed by atoms with Gasteiger partial charge in [0, 0.05) is 28.1 Å². The quantitative estimate of drug-likeness (QED) is 0.648. The lowest BCUT2D eigenvalue weighted by atomic mass is 10.2. The Morgan fingerprint density at radius 3 is 2.65 bits per heavy atom. The third kappa shape index (κ3) is 5.08. The third-order valence-electron chi connectivity index (χ3n) is 2.04. The second-order valence-electron chi connectivity index (χ2n) is 3.41. The van der Waals surface area contributed by atoms with Gasteiger partial charge in [0.15, 0.2) is 0 Å². The average molecular weight is 329 g/mol. The number of alkyl halides is 3. The minimum absolute atomic E-state index is 0.0284. The number of thioether (sulfide) groups is 1. The molecule has 0 radical (unpaired) electrons. The Bertz CT molecular complexity index is 396. The Kier molecular flexibility index (Phi) is 5.00. The van der Waals surface area contributed by atoms with Crippen molar-refractivity contribution in [3.8, 4) is 0 Å². The molecule has 0 fully saturated rings. The van der Waals surface area contributed by atoms with Gasteiger partial charge in [-0.1, -0.05) is 0 Å². The van der Waals surface area contributed by atoms with E-state index in [4.69, 9.17) is 5.73 Å². The fourth-order valence-electron chi connectivity index (χ4n) is 1.18. The molecule has 1 rings (SSSR count). The monoisotopic (exact) mass is 328 g/mol. The zero-order valence-corrected chi connectivity index (χ0v) is 11.5. The van der Waals surface area contributed by atoms with Gasteiger partial charge < -0.3 is 11.1 Å². The predicted molar refractivity (Wildman–Crippen MR) is 70.3 cm³/mol. The lowest BCUT2D eigenvalue weighted by Crippen LogP contribution is -2.10. The summed E-state index contributed by atoms with van der Waals surface area (Å²) >= 11 is 3.26. The first-order valence-electron chi connectivity index (χ1n) is 4.80. The molecule has 0 amide bonds. The Morgan fingerprint density at radius 1 is 1.41 bits per heavy atom. The van der Waals surface area contributed by atoms with Crippen LogP contribution >= 0.6 is 27.7 Å². The van der Waals surface area contributed by atoms with Crippen molar-refractivity contribution in [3.63, 3.8) is 0 Å². The first-order chi connectivity index (χ1) is 7.79. The molecule has 2 nitrogen and oxygen atoms in total. The molecule has 96 valence electrons. The van der Waals surface area contributed by atoms with Crippen LogP contribution in [0.4, 0.5) is 24.5 Å². The molecule has 0 aliphatic heterocycles. The SMILES string of the molecule is Cc1cc(NCCSC(F)(F)F)c(Br)cc1N. The molecule has 3 N–H and O–H groups in total. The summed E-state index contributed by atoms with van der Waals surface area (Å²) in [4.78, 5) is 0. The summed E-state index contributed by atoms with van der Waals surface area (Å²) in [5.74, 6) is -0.0284. The number of aryl methyl sites for hydroxylation is 1. The summed E-state index contributed by atoms with van der Waals surface area (Å²) in [6.45, 7) is 2.09. The fourth-order valence-corrected chi connectivity index (χ4v) is 2.12. The molecule has 0 saturated heterocycles. The number of hydrogen-bond acceptors (Lipinski definition) is 3. The molecule has 0 atom stereocenters. The zero-order valence-electron chi connectivity index (χ0n) is 9.07. The Labute approximate surface area is 110 Å². The maximum Gasteiger partial charge on any atom is 0.441 e. The largest absolute Gasteiger partial charge is 0.441 e. The molecule has 7 heteroatoms. The number of benzene rings is 1. The van der Waals surface area contributed by atoms with Gasteiger partial charge in [-0.25, -0.2) is 0 Å². The minimum Gasteiger partial charge on any atom is -0.398 e. The van der Waals surface area contributed by atoms with Crippen LogP contribution in [0.25, 0.3) is 0 Å². The maximum absolute atomic E-state index is 11.9. The molecule has 0 heterocycles. The van der Waals surface area contributed by atoms with Crippen LogP contribution in [0.3, 0.4) is 0 Å². The molecule has 1 aromatic carbocycles. The highest BCUT2D eigenvalue weighted by molar-refractivity contribution is 9.10. The van der Waals surface area contributed by atoms with Crippen LogP contribution in [0.5, 0.6) is 0 Å². The molecule has 17 heavy (non-hydrogen) atoms. The van der Waals surface area contributed by atoms with Gasteiger partial charge in [0.2, 0.25) is 0 Å². The second kappa shape index (κ2) is 5.86. The van der Waals surface area contributed by atoms with Crippen LogP contribution in [-0.2, 0) is 0 Å². The molecule has 0 aliphatic carbocycles. The van der Waals surface area contributed by atoms with E-state index in [0.29, 0.717) is 5.69 Å². The highest BCUT2D eigenvalue weighted by Gasteiger charge is 2.27. The topological polar surface area (TPSA) is 38.0 Å². The van der Waals surface area contributed by atoms with Crippen LogP contribution in [-0.4, -0.2) is 17.8 Å². The van der Waals surface area contributed by atoms with Crippen LogP contribution in [0.15, 0.2) is 16.6 Å². The standard InChI is InChI=1S/C10H12BrF3N2S/c1-6-4-9(7(11)5-8(6)15)16-2-3-17-10(12,13)14/h4-5,16H,2-3,15H2,1H3. The Balaban J connectivity index is 2.50. The van der Waals surface area contributed by atoms with Crippen molar-refractivity contribution < 1.29 is 13.2 Å². The number of nitrogens with one attached hydrogen (secondary N) is 1. The fraction of sp³-hybridized carbons (Fsp3) is 0.400. The van der Waals surface area contributed by atoms with E-state index in [9.17, 15) is 13.2 Å². The summed E-state index contributed by atoms with van der Waals surface area (Å²) in [6.07, 6.45) is 0. The first kappa shape index (κ1) is 14.5. The van der Waals surface area contributed by atoms with Crippen molar-refractivity contribution >= 4 is 39.1 Å². The van der Waals surface area contributed by atoms with Crippen molar-refractivity contribution in [1.29, 1.82) is 0 Å². The normalized spacial score (nSPS) is 11.6. The number of hydrogen-bond donors (Lipinski definition) is 2. The number of anilines is 2. The number of rotatable bonds is 4. The smallest absolute Gasteiger partial charge is 0.398 e. The van der Waals surface area contributed by atoms with Crippen molar-refractivity contribution in [2.24, 2.45) is 0 Å². The van der Waals surface area contributed by atoms with Crippen molar-refractivity contribution in [3.05, 3.63) is 22.2 Å². The van der Waals surface area contributed by atoms with Gasteiger partial charge in [0.25, 0.3) is 0 Å². The Hall–Kier alpha value is -0.560. The van der Waals surface area contributed by atoms with Crippen LogP contribution in [0.2, 0.25) is 0 Å². The molecule has 0 spiro atoms. The number of nitrogens with two attached hydrogens (primary N) is 1. The molecular weight excluding hydrogens is 317 g/mol. The number of nitrogen functional groups attached to an aromatic ring is 1. The molecule has 1 aromatic rings. The van der Waals surface area contributed by atoms with Gasteiger partial charge in [-0.2, -0.15) is 13.2 Å². The predicted octanol–water partition coefficient (Wildman–Crippen LogP) is 4.00. The van der Waals surface area contributed by atoms with Crippen LogP contribution in [0, 0.1) is 6.92 Å². The van der Waals surface area contributed by atoms with Gasteiger partial charge in [-0.05, 0) is 52.3 Å². The van der Waals surface area contributed by atoms with E-state index in [1.807, 2.05) is 6.92 Å². The van der Waals surface area contributed by atoms with Gasteiger partial charge >= 0.3 is 5.51 Å². The Morgan fingerprint density at radius 2 is 2.06 bits per heavy atom. The van der Waals surface area contributed by atoms with Crippen LogP contribution < -0.4 is 11.1 Å². The summed E-state index contributed by atoms with van der Waals surface area (Å²) < 4.78 is 36.4. The number of halogens is 4. The highest BCUT2D eigenvalue weighted by atomic mass is 79.9. The summed E-state index contributed by atoms with van der Waals surface area (Å²) in [6, 6.07) is 3.53. The van der Waals surface area contributed by atoms with Gasteiger partial charge in [-0.3, -0.25) is 0 Å². The molecule has 0 aromatic heterocycles. The van der Waals surface area contributed by atoms with E-state index >= 15 is 0 Å². The average Bonchev–Trinajstić information content (AvgIpc) is 2.18. The minimum atomic E-state index is -4.17. The van der Waals surface area contributed by atoms with Crippen LogP contribution in [0.1, 0.15) is 5.56 Å². The third-order valence-corrected chi connectivity index (χ3v) is 3.43. The summed E-state index contributed by atoms with van der Waals surface area (Å²) in [7, 11) is 0. The maximum atomic E-state index is 11.9. The van der Waals surface area contributed by atoms with E-state index in [1.165, 1.54) is 0 Å². The molecule has 0 unspecified atom stereocenters. The van der Waals surface area contributed by atoms with Gasteiger partial charge in [0.05, 0.1) is 0 Å². The lowest BCUT2D eigenvalue weighted by Gasteiger charge is -2.11. The highest BCUT2D eigenvalue weighted by Crippen LogP contribution is 2.31. The van der Waals surface area contributed by atoms with E-state index in [1.54, 1.807) is 12.1 Å². The van der Waals surface area contributed by atoms with Crippen molar-refractivity contribution in [2.75, 3.05) is 23.3 Å². The molecule has 0 aliphatic rings. The summed E-state index contributed by atoms with van der Waals surface area (Å²) in [5, 5.41) is 2.93.